The van der Waals surface area contributed by atoms with Gasteiger partial charge in [0.15, 0.2) is 5.76 Å². The summed E-state index contributed by atoms with van der Waals surface area (Å²) in [6, 6.07) is 19.4. The number of halogens is 1. The predicted molar refractivity (Wildman–Crippen MR) is 88.1 cm³/mol. The number of hydrogen-bond acceptors (Lipinski definition) is 2. The van der Waals surface area contributed by atoms with Crippen molar-refractivity contribution in [1.29, 1.82) is 0 Å². The van der Waals surface area contributed by atoms with Crippen molar-refractivity contribution in [3.8, 4) is 0 Å². The minimum Gasteiger partial charge on any atom is -0.451 e. The third kappa shape index (κ3) is 2.34. The minimum absolute atomic E-state index is 0.128. The van der Waals surface area contributed by atoms with E-state index >= 15 is 0 Å². The maximum absolute atomic E-state index is 13.6. The molecule has 0 bridgehead atoms. The van der Waals surface area contributed by atoms with E-state index in [0.717, 1.165) is 16.2 Å². The summed E-state index contributed by atoms with van der Waals surface area (Å²) in [5.41, 5.74) is 0.755. The van der Waals surface area contributed by atoms with E-state index in [1.165, 1.54) is 12.1 Å². The van der Waals surface area contributed by atoms with E-state index in [-0.39, 0.29) is 11.4 Å². The Labute approximate surface area is 131 Å². The molecule has 0 fully saturated rings. The molecule has 3 aromatic carbocycles. The molecule has 4 heteroatoms. The summed E-state index contributed by atoms with van der Waals surface area (Å²) < 4.78 is 19.2. The molecule has 0 unspecified atom stereocenters. The highest BCUT2D eigenvalue weighted by Crippen LogP contribution is 2.28. The maximum Gasteiger partial charge on any atom is 0.291 e. The third-order valence-corrected chi connectivity index (χ3v) is 3.77. The van der Waals surface area contributed by atoms with Crippen molar-refractivity contribution >= 4 is 33.3 Å². The molecular weight excluding hydrogens is 293 g/mol. The standard InChI is InChI=1S/C19H12FNO2/c20-15-7-3-4-8-16(15)21-19(22)18-11-14-13-6-2-1-5-12(13)9-10-17(14)23-18/h1-11H,(H,21,22). The second-order valence-electron chi connectivity index (χ2n) is 5.24. The first kappa shape index (κ1) is 13.5. The Morgan fingerprint density at radius 2 is 1.70 bits per heavy atom. The van der Waals surface area contributed by atoms with E-state index < -0.39 is 11.7 Å². The van der Waals surface area contributed by atoms with Gasteiger partial charge in [-0.05, 0) is 35.0 Å². The van der Waals surface area contributed by atoms with Gasteiger partial charge in [0.2, 0.25) is 0 Å². The highest BCUT2D eigenvalue weighted by atomic mass is 19.1. The third-order valence-electron chi connectivity index (χ3n) is 3.77. The number of rotatable bonds is 2. The van der Waals surface area contributed by atoms with Crippen molar-refractivity contribution in [2.24, 2.45) is 0 Å². The van der Waals surface area contributed by atoms with Crippen LogP contribution in [-0.4, -0.2) is 5.91 Å². The second-order valence-corrected chi connectivity index (χ2v) is 5.24. The van der Waals surface area contributed by atoms with Crippen LogP contribution in [-0.2, 0) is 0 Å². The molecule has 0 aliphatic carbocycles. The van der Waals surface area contributed by atoms with Crippen molar-refractivity contribution in [3.63, 3.8) is 0 Å². The quantitative estimate of drug-likeness (QED) is 0.567. The van der Waals surface area contributed by atoms with Crippen LogP contribution in [0.3, 0.4) is 0 Å². The summed E-state index contributed by atoms with van der Waals surface area (Å²) in [5.74, 6) is -0.808. The fourth-order valence-electron chi connectivity index (χ4n) is 2.65. The zero-order chi connectivity index (χ0) is 15.8. The van der Waals surface area contributed by atoms with Crippen molar-refractivity contribution < 1.29 is 13.6 Å². The molecule has 0 spiro atoms. The summed E-state index contributed by atoms with van der Waals surface area (Å²) in [6.07, 6.45) is 0. The van der Waals surface area contributed by atoms with Crippen LogP contribution >= 0.6 is 0 Å². The number of furan rings is 1. The van der Waals surface area contributed by atoms with Crippen LogP contribution < -0.4 is 5.32 Å². The number of carbonyl (C=O) groups is 1. The van der Waals surface area contributed by atoms with E-state index in [1.54, 1.807) is 18.2 Å². The van der Waals surface area contributed by atoms with Crippen molar-refractivity contribution in [2.75, 3.05) is 5.32 Å². The Bertz CT molecular complexity index is 1040. The average Bonchev–Trinajstić information content (AvgIpc) is 3.02. The number of amides is 1. The predicted octanol–water partition coefficient (Wildman–Crippen LogP) is 4.98. The molecular formula is C19H12FNO2. The molecule has 0 saturated heterocycles. The van der Waals surface area contributed by atoms with Crippen LogP contribution in [0.5, 0.6) is 0 Å². The Morgan fingerprint density at radius 1 is 0.913 bits per heavy atom. The number of hydrogen-bond donors (Lipinski definition) is 1. The molecule has 3 nitrogen and oxygen atoms in total. The Morgan fingerprint density at radius 3 is 2.57 bits per heavy atom. The molecule has 0 atom stereocenters. The molecule has 0 saturated carbocycles. The zero-order valence-electron chi connectivity index (χ0n) is 12.0. The van der Waals surface area contributed by atoms with Crippen LogP contribution in [0.15, 0.2) is 71.1 Å². The summed E-state index contributed by atoms with van der Waals surface area (Å²) in [5, 5.41) is 5.47. The monoisotopic (exact) mass is 305 g/mol. The number of carbonyl (C=O) groups excluding carboxylic acids is 1. The van der Waals surface area contributed by atoms with Crippen LogP contribution in [0.25, 0.3) is 21.7 Å². The van der Waals surface area contributed by atoms with Crippen LogP contribution in [0.2, 0.25) is 0 Å². The molecule has 1 heterocycles. The molecule has 1 aromatic heterocycles. The Hall–Kier alpha value is -3.14. The number of fused-ring (bicyclic) bond motifs is 3. The van der Waals surface area contributed by atoms with Gasteiger partial charge >= 0.3 is 0 Å². The fraction of sp³-hybridized carbons (Fsp3) is 0. The van der Waals surface area contributed by atoms with Gasteiger partial charge in [0.25, 0.3) is 5.91 Å². The van der Waals surface area contributed by atoms with Crippen molar-refractivity contribution in [1.82, 2.24) is 0 Å². The van der Waals surface area contributed by atoms with Crippen LogP contribution in [0.4, 0.5) is 10.1 Å². The van der Waals surface area contributed by atoms with E-state index in [2.05, 4.69) is 5.32 Å². The first-order valence-corrected chi connectivity index (χ1v) is 7.19. The molecule has 0 radical (unpaired) electrons. The van der Waals surface area contributed by atoms with E-state index in [4.69, 9.17) is 4.42 Å². The highest BCUT2D eigenvalue weighted by molar-refractivity contribution is 6.10. The number of nitrogens with one attached hydrogen (secondary N) is 1. The Balaban J connectivity index is 1.76. The van der Waals surface area contributed by atoms with Gasteiger partial charge in [0.1, 0.15) is 11.4 Å². The summed E-state index contributed by atoms with van der Waals surface area (Å²) >= 11 is 0. The van der Waals surface area contributed by atoms with Crippen molar-refractivity contribution in [2.45, 2.75) is 0 Å². The maximum atomic E-state index is 13.6. The molecule has 0 aliphatic heterocycles. The van der Waals surface area contributed by atoms with E-state index in [1.807, 2.05) is 36.4 Å². The smallest absolute Gasteiger partial charge is 0.291 e. The molecule has 1 amide bonds. The molecule has 1 N–H and O–H groups in total. The fourth-order valence-corrected chi connectivity index (χ4v) is 2.65. The normalized spacial score (nSPS) is 11.0. The lowest BCUT2D eigenvalue weighted by Crippen LogP contribution is -2.11. The average molecular weight is 305 g/mol. The van der Waals surface area contributed by atoms with E-state index in [9.17, 15) is 9.18 Å². The summed E-state index contributed by atoms with van der Waals surface area (Å²) in [4.78, 5) is 12.3. The first-order valence-electron chi connectivity index (χ1n) is 7.19. The van der Waals surface area contributed by atoms with Crippen LogP contribution in [0.1, 0.15) is 10.6 Å². The lowest BCUT2D eigenvalue weighted by molar-refractivity contribution is 0.0998. The van der Waals surface area contributed by atoms with E-state index in [0.29, 0.717) is 5.58 Å². The molecule has 23 heavy (non-hydrogen) atoms. The van der Waals surface area contributed by atoms with Gasteiger partial charge in [-0.3, -0.25) is 4.79 Å². The lowest BCUT2D eigenvalue weighted by atomic mass is 10.1. The largest absolute Gasteiger partial charge is 0.451 e. The van der Waals surface area contributed by atoms with Gasteiger partial charge in [-0.1, -0.05) is 42.5 Å². The first-order chi connectivity index (χ1) is 11.2. The van der Waals surface area contributed by atoms with Gasteiger partial charge < -0.3 is 9.73 Å². The summed E-state index contributed by atoms with van der Waals surface area (Å²) in [7, 11) is 0. The number of anilines is 1. The Kier molecular flexibility index (Phi) is 3.08. The topological polar surface area (TPSA) is 42.2 Å². The molecule has 4 aromatic rings. The molecule has 4 rings (SSSR count). The summed E-state index contributed by atoms with van der Waals surface area (Å²) in [6.45, 7) is 0. The second kappa shape index (κ2) is 5.25. The van der Waals surface area contributed by atoms with Crippen LogP contribution in [0, 0.1) is 5.82 Å². The minimum atomic E-state index is -0.484. The molecule has 112 valence electrons. The van der Waals surface area contributed by atoms with Gasteiger partial charge in [-0.25, -0.2) is 4.39 Å². The van der Waals surface area contributed by atoms with Crippen molar-refractivity contribution in [3.05, 3.63) is 78.3 Å². The van der Waals surface area contributed by atoms with Gasteiger partial charge in [0.05, 0.1) is 5.69 Å². The number of benzene rings is 3. The van der Waals surface area contributed by atoms with Gasteiger partial charge in [-0.15, -0.1) is 0 Å². The lowest BCUT2D eigenvalue weighted by Gasteiger charge is -2.03. The highest BCUT2D eigenvalue weighted by Gasteiger charge is 2.15. The zero-order valence-corrected chi connectivity index (χ0v) is 12.0. The SMILES string of the molecule is O=C(Nc1ccccc1F)c1cc2c(ccc3ccccc32)o1. The van der Waals surface area contributed by atoms with Gasteiger partial charge in [-0.2, -0.15) is 0 Å². The number of para-hydroxylation sites is 1. The molecule has 0 aliphatic rings. The van der Waals surface area contributed by atoms with Gasteiger partial charge in [0, 0.05) is 5.39 Å².